The van der Waals surface area contributed by atoms with Crippen molar-refractivity contribution in [1.29, 1.82) is 0 Å². The van der Waals surface area contributed by atoms with Crippen LogP contribution in [0.15, 0.2) is 77.9 Å². The molecule has 0 unspecified atom stereocenters. The first-order valence-electron chi connectivity index (χ1n) is 14.2. The molecule has 0 spiro atoms. The lowest BCUT2D eigenvalue weighted by Crippen LogP contribution is -2.37. The van der Waals surface area contributed by atoms with E-state index in [0.29, 0.717) is 35.2 Å². The van der Waals surface area contributed by atoms with Gasteiger partial charge in [0.15, 0.2) is 0 Å². The average Bonchev–Trinajstić information content (AvgIpc) is 2.96. The number of aryl methyl sites for hydroxylation is 1. The summed E-state index contributed by atoms with van der Waals surface area (Å²) in [5.74, 6) is 0.772. The number of benzene rings is 1. The predicted octanol–water partition coefficient (Wildman–Crippen LogP) is 5.33. The second kappa shape index (κ2) is 16.7. The van der Waals surface area contributed by atoms with Crippen LogP contribution in [0.2, 0.25) is 0 Å². The Kier molecular flexibility index (Phi) is 13.0. The van der Waals surface area contributed by atoms with Crippen molar-refractivity contribution in [2.75, 3.05) is 77.8 Å². The number of likely N-dealkylation sites (N-methyl/N-ethyl adjacent to an activating group) is 1. The van der Waals surface area contributed by atoms with E-state index < -0.39 is 0 Å². The number of aliphatic imine (C=N–C) groups is 1. The van der Waals surface area contributed by atoms with Gasteiger partial charge in [0.1, 0.15) is 24.0 Å². The van der Waals surface area contributed by atoms with E-state index in [9.17, 15) is 4.39 Å². The number of halogens is 1. The Morgan fingerprint density at radius 2 is 1.98 bits per heavy atom. The lowest BCUT2D eigenvalue weighted by atomic mass is 10.0. The molecule has 9 heteroatoms. The van der Waals surface area contributed by atoms with Crippen LogP contribution in [0.3, 0.4) is 0 Å². The molecule has 0 bridgehead atoms. The maximum absolute atomic E-state index is 14.9. The zero-order valence-electron chi connectivity index (χ0n) is 25.0. The summed E-state index contributed by atoms with van der Waals surface area (Å²) in [5.41, 5.74) is 4.22. The summed E-state index contributed by atoms with van der Waals surface area (Å²) in [6.07, 6.45) is 6.14. The highest BCUT2D eigenvalue weighted by Gasteiger charge is 2.14. The number of hydrogen-bond donors (Lipinski definition) is 2. The monoisotopic (exact) mass is 564 g/mol. The number of ether oxygens (including phenoxy) is 2. The molecular formula is C32H45FN6O2. The molecule has 0 radical (unpaired) electrons. The third-order valence-corrected chi connectivity index (χ3v) is 6.66. The van der Waals surface area contributed by atoms with Gasteiger partial charge in [0, 0.05) is 62.4 Å². The number of anilines is 2. The van der Waals surface area contributed by atoms with Gasteiger partial charge in [-0.25, -0.2) is 9.37 Å². The highest BCUT2D eigenvalue weighted by atomic mass is 19.1. The zero-order valence-corrected chi connectivity index (χ0v) is 25.0. The zero-order chi connectivity index (χ0) is 29.6. The summed E-state index contributed by atoms with van der Waals surface area (Å²) in [7, 11) is 5.62. The largest absolute Gasteiger partial charge is 0.491 e. The van der Waals surface area contributed by atoms with E-state index in [0.717, 1.165) is 75.6 Å². The summed E-state index contributed by atoms with van der Waals surface area (Å²) in [6.45, 7) is 16.0. The molecule has 1 aliphatic rings. The van der Waals surface area contributed by atoms with Crippen molar-refractivity contribution in [2.45, 2.75) is 26.2 Å². The normalized spacial score (nSPS) is 14.7. The highest BCUT2D eigenvalue weighted by Crippen LogP contribution is 2.22. The van der Waals surface area contributed by atoms with E-state index in [-0.39, 0.29) is 5.82 Å². The fourth-order valence-electron chi connectivity index (χ4n) is 4.32. The molecule has 2 aromatic rings. The molecule has 1 saturated heterocycles. The van der Waals surface area contributed by atoms with Crippen LogP contribution in [-0.2, 0) is 15.9 Å². The standard InChI is InChI=1S/C32H45FN6O2/c1-7-8-26-9-10-29(33)28(21-26)31(34-4)23-30(25(3)41-20-15-38(5)6)37-27-11-13-35-32(22-27)36-24(2)12-14-39-16-18-40-19-17-39/h9-11,13,21-23H,2-3,7-8,12,14-20H2,1,4-6H3,(H2,35,36,37)/b30-23+,34-31?. The molecule has 3 rings (SSSR count). The van der Waals surface area contributed by atoms with Crippen molar-refractivity contribution in [3.63, 3.8) is 0 Å². The van der Waals surface area contributed by atoms with Crippen LogP contribution in [0.1, 0.15) is 30.9 Å². The lowest BCUT2D eigenvalue weighted by Gasteiger charge is -2.26. The summed E-state index contributed by atoms with van der Waals surface area (Å²) in [6, 6.07) is 8.94. The Morgan fingerprint density at radius 1 is 1.20 bits per heavy atom. The van der Waals surface area contributed by atoms with Gasteiger partial charge in [0.05, 0.1) is 24.6 Å². The quantitative estimate of drug-likeness (QED) is 0.162. The molecule has 2 heterocycles. The number of aromatic nitrogens is 1. The van der Waals surface area contributed by atoms with Crippen LogP contribution in [0.25, 0.3) is 0 Å². The number of allylic oxidation sites excluding steroid dienone is 1. The van der Waals surface area contributed by atoms with Crippen LogP contribution in [0.5, 0.6) is 0 Å². The van der Waals surface area contributed by atoms with E-state index in [1.165, 1.54) is 6.07 Å². The van der Waals surface area contributed by atoms with E-state index in [1.807, 2.05) is 43.3 Å². The molecule has 8 nitrogen and oxygen atoms in total. The minimum atomic E-state index is -0.328. The van der Waals surface area contributed by atoms with E-state index in [4.69, 9.17) is 9.47 Å². The van der Waals surface area contributed by atoms with Crippen molar-refractivity contribution in [1.82, 2.24) is 14.8 Å². The number of pyridine rings is 1. The molecule has 0 atom stereocenters. The molecule has 0 amide bonds. The molecular weight excluding hydrogens is 519 g/mol. The number of morpholine rings is 1. The lowest BCUT2D eigenvalue weighted by molar-refractivity contribution is 0.0385. The maximum atomic E-state index is 14.9. The average molecular weight is 565 g/mol. The van der Waals surface area contributed by atoms with E-state index in [1.54, 1.807) is 19.3 Å². The number of nitrogens with zero attached hydrogens (tertiary/aromatic N) is 4. The fraction of sp³-hybridized carbons (Fsp3) is 0.438. The van der Waals surface area contributed by atoms with Gasteiger partial charge >= 0.3 is 0 Å². The van der Waals surface area contributed by atoms with Crippen molar-refractivity contribution in [3.05, 3.63) is 89.9 Å². The van der Waals surface area contributed by atoms with Crippen molar-refractivity contribution >= 4 is 17.2 Å². The molecule has 0 saturated carbocycles. The molecule has 222 valence electrons. The Balaban J connectivity index is 1.79. The molecule has 1 aromatic carbocycles. The SMILES string of the molecule is C=C(CCN1CCOCC1)Nc1cc(N/C(=C/C(=NC)c2cc(CCC)ccc2F)C(=C)OCCN(C)C)ccn1. The fourth-order valence-corrected chi connectivity index (χ4v) is 4.32. The number of nitrogens with one attached hydrogen (secondary N) is 2. The summed E-state index contributed by atoms with van der Waals surface area (Å²) >= 11 is 0. The van der Waals surface area contributed by atoms with Crippen LogP contribution in [0, 0.1) is 5.82 Å². The number of hydrogen-bond acceptors (Lipinski definition) is 8. The van der Waals surface area contributed by atoms with Crippen LogP contribution in [-0.4, -0.2) is 87.6 Å². The Hall–Kier alpha value is -3.53. The second-order valence-electron chi connectivity index (χ2n) is 10.3. The molecule has 2 N–H and O–H groups in total. The molecule has 1 aromatic heterocycles. The summed E-state index contributed by atoms with van der Waals surface area (Å²) < 4.78 is 26.3. The van der Waals surface area contributed by atoms with E-state index >= 15 is 0 Å². The smallest absolute Gasteiger partial charge is 0.135 e. The van der Waals surface area contributed by atoms with Gasteiger partial charge in [-0.15, -0.1) is 0 Å². The highest BCUT2D eigenvalue weighted by molar-refractivity contribution is 6.09. The summed E-state index contributed by atoms with van der Waals surface area (Å²) in [5, 5.41) is 6.72. The molecule has 1 aliphatic heterocycles. The second-order valence-corrected chi connectivity index (χ2v) is 10.3. The first kappa shape index (κ1) is 32.0. The minimum Gasteiger partial charge on any atom is -0.491 e. The third kappa shape index (κ3) is 10.8. The van der Waals surface area contributed by atoms with Crippen molar-refractivity contribution in [2.24, 2.45) is 4.99 Å². The van der Waals surface area contributed by atoms with Crippen molar-refractivity contribution < 1.29 is 13.9 Å². The Labute approximate surface area is 244 Å². The maximum Gasteiger partial charge on any atom is 0.135 e. The Bertz CT molecular complexity index is 1220. The van der Waals surface area contributed by atoms with Gasteiger partial charge < -0.3 is 25.0 Å². The van der Waals surface area contributed by atoms with Crippen LogP contribution >= 0.6 is 0 Å². The Morgan fingerprint density at radius 3 is 2.68 bits per heavy atom. The van der Waals surface area contributed by atoms with Gasteiger partial charge in [-0.1, -0.05) is 32.6 Å². The number of rotatable bonds is 16. The van der Waals surface area contributed by atoms with Gasteiger partial charge in [-0.2, -0.15) is 0 Å². The molecule has 41 heavy (non-hydrogen) atoms. The molecule has 0 aliphatic carbocycles. The van der Waals surface area contributed by atoms with Gasteiger partial charge in [-0.05, 0) is 56.8 Å². The van der Waals surface area contributed by atoms with Crippen LogP contribution < -0.4 is 10.6 Å². The minimum absolute atomic E-state index is 0.328. The van der Waals surface area contributed by atoms with Crippen LogP contribution in [0.4, 0.5) is 15.9 Å². The topological polar surface area (TPSA) is 74.2 Å². The molecule has 1 fully saturated rings. The third-order valence-electron chi connectivity index (χ3n) is 6.66. The van der Waals surface area contributed by atoms with E-state index in [2.05, 4.69) is 45.6 Å². The predicted molar refractivity (Wildman–Crippen MR) is 167 cm³/mol. The van der Waals surface area contributed by atoms with Gasteiger partial charge in [0.25, 0.3) is 0 Å². The first-order chi connectivity index (χ1) is 19.8. The van der Waals surface area contributed by atoms with Gasteiger partial charge in [0.2, 0.25) is 0 Å². The summed E-state index contributed by atoms with van der Waals surface area (Å²) in [4.78, 5) is 13.3. The van der Waals surface area contributed by atoms with Gasteiger partial charge in [-0.3, -0.25) is 9.89 Å². The van der Waals surface area contributed by atoms with Crippen molar-refractivity contribution in [3.8, 4) is 0 Å². The first-order valence-corrected chi connectivity index (χ1v) is 14.2.